The normalized spacial score (nSPS) is 37.5. The van der Waals surface area contributed by atoms with E-state index in [0.29, 0.717) is 11.8 Å². The van der Waals surface area contributed by atoms with Crippen molar-refractivity contribution in [3.63, 3.8) is 0 Å². The number of rotatable bonds is 2. The number of carbonyl (C=O) groups is 1. The van der Waals surface area contributed by atoms with E-state index in [1.165, 1.54) is 0 Å². The zero-order valence-corrected chi connectivity index (χ0v) is 7.13. The summed E-state index contributed by atoms with van der Waals surface area (Å²) in [5, 5.41) is 3.13. The first-order valence-corrected chi connectivity index (χ1v) is 4.19. The minimum Gasteiger partial charge on any atom is -0.368 e. The van der Waals surface area contributed by atoms with E-state index in [1.807, 2.05) is 0 Å². The van der Waals surface area contributed by atoms with Gasteiger partial charge >= 0.3 is 0 Å². The number of carbonyl (C=O) groups excluding carboxylic acids is 1. The first-order valence-electron chi connectivity index (χ1n) is 4.19. The highest BCUT2D eigenvalue weighted by molar-refractivity contribution is 5.80. The fraction of sp³-hybridized carbons (Fsp3) is 0.875. The van der Waals surface area contributed by atoms with Crippen molar-refractivity contribution in [2.45, 2.75) is 26.3 Å². The van der Waals surface area contributed by atoms with Crippen molar-refractivity contribution in [3.05, 3.63) is 0 Å². The van der Waals surface area contributed by atoms with Gasteiger partial charge in [0.15, 0.2) is 0 Å². The Morgan fingerprint density at radius 2 is 2.36 bits per heavy atom. The zero-order valence-electron chi connectivity index (χ0n) is 7.13. The predicted octanol–water partition coefficient (Wildman–Crippen LogP) is 0.106. The number of nitrogens with two attached hydrogens (primary N) is 1. The third-order valence-electron chi connectivity index (χ3n) is 2.70. The fourth-order valence-corrected chi connectivity index (χ4v) is 1.80. The third-order valence-corrected chi connectivity index (χ3v) is 2.70. The molecule has 0 aromatic carbocycles. The molecule has 3 atom stereocenters. The van der Waals surface area contributed by atoms with Gasteiger partial charge in [0, 0.05) is 0 Å². The molecule has 3 N–H and O–H groups in total. The van der Waals surface area contributed by atoms with Crippen molar-refractivity contribution >= 4 is 5.91 Å². The maximum atomic E-state index is 10.8. The minimum absolute atomic E-state index is 0.0973. The van der Waals surface area contributed by atoms with Gasteiger partial charge < -0.3 is 11.1 Å². The monoisotopic (exact) mass is 156 g/mol. The van der Waals surface area contributed by atoms with Crippen molar-refractivity contribution < 1.29 is 4.79 Å². The number of amides is 1. The van der Waals surface area contributed by atoms with Crippen LogP contribution < -0.4 is 11.1 Å². The largest absolute Gasteiger partial charge is 0.368 e. The molecule has 0 spiro atoms. The fourth-order valence-electron chi connectivity index (χ4n) is 1.80. The Labute approximate surface area is 67.3 Å². The van der Waals surface area contributed by atoms with Gasteiger partial charge in [-0.25, -0.2) is 0 Å². The van der Waals surface area contributed by atoms with Crippen LogP contribution in [-0.2, 0) is 4.79 Å². The van der Waals surface area contributed by atoms with E-state index in [9.17, 15) is 4.79 Å². The van der Waals surface area contributed by atoms with Crippen LogP contribution in [0.3, 0.4) is 0 Å². The molecule has 0 aromatic rings. The smallest absolute Gasteiger partial charge is 0.234 e. The van der Waals surface area contributed by atoms with Gasteiger partial charge in [-0.1, -0.05) is 20.3 Å². The lowest BCUT2D eigenvalue weighted by molar-refractivity contribution is -0.120. The van der Waals surface area contributed by atoms with Crippen LogP contribution in [0.25, 0.3) is 0 Å². The van der Waals surface area contributed by atoms with Crippen molar-refractivity contribution in [2.24, 2.45) is 17.6 Å². The summed E-state index contributed by atoms with van der Waals surface area (Å²) in [4.78, 5) is 10.8. The quantitative estimate of drug-likeness (QED) is 0.596. The SMILES string of the molecule is CCC1CNC(C(N)=O)C1C. The average molecular weight is 156 g/mol. The summed E-state index contributed by atoms with van der Waals surface area (Å²) in [7, 11) is 0. The van der Waals surface area contributed by atoms with Crippen molar-refractivity contribution in [1.82, 2.24) is 5.32 Å². The molecule has 3 heteroatoms. The molecule has 1 fully saturated rings. The number of primary amides is 1. The van der Waals surface area contributed by atoms with Gasteiger partial charge in [-0.3, -0.25) is 4.79 Å². The Morgan fingerprint density at radius 1 is 1.73 bits per heavy atom. The van der Waals surface area contributed by atoms with Crippen molar-refractivity contribution in [3.8, 4) is 0 Å². The second kappa shape index (κ2) is 3.22. The minimum atomic E-state index is -0.214. The molecule has 1 rings (SSSR count). The lowest BCUT2D eigenvalue weighted by Gasteiger charge is -2.15. The maximum absolute atomic E-state index is 10.8. The molecule has 1 aliphatic rings. The van der Waals surface area contributed by atoms with Crippen LogP contribution >= 0.6 is 0 Å². The van der Waals surface area contributed by atoms with Crippen LogP contribution in [0.4, 0.5) is 0 Å². The highest BCUT2D eigenvalue weighted by atomic mass is 16.1. The van der Waals surface area contributed by atoms with E-state index in [-0.39, 0.29) is 11.9 Å². The highest BCUT2D eigenvalue weighted by Gasteiger charge is 2.34. The number of hydrogen-bond donors (Lipinski definition) is 2. The molecule has 0 aliphatic carbocycles. The predicted molar refractivity (Wildman–Crippen MR) is 43.9 cm³/mol. The van der Waals surface area contributed by atoms with Gasteiger partial charge in [-0.15, -0.1) is 0 Å². The Balaban J connectivity index is 2.55. The molecule has 0 radical (unpaired) electrons. The lowest BCUT2D eigenvalue weighted by atomic mass is 9.90. The Hall–Kier alpha value is -0.570. The average Bonchev–Trinajstić information content (AvgIpc) is 2.30. The molecule has 1 heterocycles. The summed E-state index contributed by atoms with van der Waals surface area (Å²) < 4.78 is 0. The topological polar surface area (TPSA) is 55.1 Å². The summed E-state index contributed by atoms with van der Waals surface area (Å²) in [6, 6.07) is -0.0973. The van der Waals surface area contributed by atoms with Gasteiger partial charge in [-0.2, -0.15) is 0 Å². The van der Waals surface area contributed by atoms with Gasteiger partial charge in [0.1, 0.15) is 0 Å². The van der Waals surface area contributed by atoms with E-state index in [0.717, 1.165) is 13.0 Å². The Morgan fingerprint density at radius 3 is 2.64 bits per heavy atom. The third kappa shape index (κ3) is 1.53. The molecule has 3 nitrogen and oxygen atoms in total. The summed E-state index contributed by atoms with van der Waals surface area (Å²) in [5.41, 5.74) is 5.20. The summed E-state index contributed by atoms with van der Waals surface area (Å²) in [6.45, 7) is 5.17. The first kappa shape index (κ1) is 8.53. The molecule has 1 aliphatic heterocycles. The van der Waals surface area contributed by atoms with E-state index < -0.39 is 0 Å². The maximum Gasteiger partial charge on any atom is 0.234 e. The molecular formula is C8H16N2O. The molecule has 1 amide bonds. The van der Waals surface area contributed by atoms with Crippen molar-refractivity contribution in [2.75, 3.05) is 6.54 Å². The summed E-state index contributed by atoms with van der Waals surface area (Å²) in [6.07, 6.45) is 1.12. The highest BCUT2D eigenvalue weighted by Crippen LogP contribution is 2.23. The number of nitrogens with one attached hydrogen (secondary N) is 1. The summed E-state index contributed by atoms with van der Waals surface area (Å²) >= 11 is 0. The van der Waals surface area contributed by atoms with E-state index in [4.69, 9.17) is 5.73 Å². The van der Waals surface area contributed by atoms with Gasteiger partial charge in [0.05, 0.1) is 6.04 Å². The standard InChI is InChI=1S/C8H16N2O/c1-3-6-4-10-7(5(6)2)8(9)11/h5-7,10H,3-4H2,1-2H3,(H2,9,11). The Kier molecular flexibility index (Phi) is 2.49. The van der Waals surface area contributed by atoms with Gasteiger partial charge in [0.25, 0.3) is 0 Å². The van der Waals surface area contributed by atoms with Crippen LogP contribution in [-0.4, -0.2) is 18.5 Å². The van der Waals surface area contributed by atoms with Gasteiger partial charge in [0.2, 0.25) is 5.91 Å². The molecule has 64 valence electrons. The molecule has 3 unspecified atom stereocenters. The van der Waals surface area contributed by atoms with Crippen LogP contribution in [0.2, 0.25) is 0 Å². The molecule has 0 saturated carbocycles. The van der Waals surface area contributed by atoms with Crippen LogP contribution in [0, 0.1) is 11.8 Å². The van der Waals surface area contributed by atoms with Crippen LogP contribution in [0.1, 0.15) is 20.3 Å². The van der Waals surface area contributed by atoms with E-state index in [1.54, 1.807) is 0 Å². The number of hydrogen-bond acceptors (Lipinski definition) is 2. The zero-order chi connectivity index (χ0) is 8.43. The van der Waals surface area contributed by atoms with E-state index >= 15 is 0 Å². The molecule has 0 aromatic heterocycles. The van der Waals surface area contributed by atoms with E-state index in [2.05, 4.69) is 19.2 Å². The lowest BCUT2D eigenvalue weighted by Crippen LogP contribution is -2.39. The van der Waals surface area contributed by atoms with Crippen LogP contribution in [0.5, 0.6) is 0 Å². The van der Waals surface area contributed by atoms with Crippen molar-refractivity contribution in [1.29, 1.82) is 0 Å². The molecule has 1 saturated heterocycles. The second-order valence-corrected chi connectivity index (χ2v) is 3.32. The molecular weight excluding hydrogens is 140 g/mol. The Bertz CT molecular complexity index is 158. The second-order valence-electron chi connectivity index (χ2n) is 3.32. The van der Waals surface area contributed by atoms with Crippen LogP contribution in [0.15, 0.2) is 0 Å². The summed E-state index contributed by atoms with van der Waals surface area (Å²) in [5.74, 6) is 0.804. The molecule has 11 heavy (non-hydrogen) atoms. The van der Waals surface area contributed by atoms with Gasteiger partial charge in [-0.05, 0) is 18.4 Å². The first-order chi connectivity index (χ1) is 5.16. The molecule has 0 bridgehead atoms.